The Labute approximate surface area is 801 Å². The average molecular weight is 1850 g/mol. The van der Waals surface area contributed by atoms with Gasteiger partial charge in [0.15, 0.2) is 39.2 Å². The van der Waals surface area contributed by atoms with Crippen LogP contribution in [0.25, 0.3) is 0 Å². The summed E-state index contributed by atoms with van der Waals surface area (Å²) in [6.45, 7) is 35.4. The Balaban J connectivity index is 0.000000767. The number of ether oxygens (including phenoxy) is 12. The largest absolute Gasteiger partial charge is 0.438 e. The second kappa shape index (κ2) is 54.2. The highest BCUT2D eigenvalue weighted by Crippen LogP contribution is 2.70. The maximum atomic E-state index is 12.0. The molecule has 0 N–H and O–H groups in total. The first-order chi connectivity index (χ1) is 56.3. The normalized spacial score (nSPS) is 36.8. The van der Waals surface area contributed by atoms with Crippen LogP contribution in [-0.2, 0) is 85.6 Å². The van der Waals surface area contributed by atoms with E-state index in [4.69, 9.17) is 56.8 Å². The van der Waals surface area contributed by atoms with Crippen molar-refractivity contribution in [2.45, 2.75) is 488 Å². The van der Waals surface area contributed by atoms with Crippen LogP contribution >= 0.6 is 0 Å². The molecule has 0 aromatic carbocycles. The Morgan fingerprint density at radius 1 is 0.262 bits per heavy atom. The van der Waals surface area contributed by atoms with Crippen LogP contribution in [0.4, 0.5) is 0 Å². The van der Waals surface area contributed by atoms with Crippen molar-refractivity contribution in [3.63, 3.8) is 0 Å². The lowest BCUT2D eigenvalue weighted by Gasteiger charge is -2.54. The van der Waals surface area contributed by atoms with Gasteiger partial charge < -0.3 is 56.8 Å². The first-order valence-corrected chi connectivity index (χ1v) is 49.2. The molecule has 130 heavy (non-hydrogen) atoms. The molecule has 0 aromatic rings. The Morgan fingerprint density at radius 3 is 0.900 bits per heavy atom. The maximum Gasteiger partial charge on any atom is 0.313 e. The molecule has 0 amide bonds. The van der Waals surface area contributed by atoms with Crippen LogP contribution in [0.5, 0.6) is 0 Å². The van der Waals surface area contributed by atoms with E-state index in [1.807, 2.05) is 125 Å². The van der Waals surface area contributed by atoms with E-state index >= 15 is 0 Å². The topological polar surface area (TPSA) is 213 Å². The Bertz CT molecular complexity index is 3240. The number of fused-ring (bicyclic) bond motifs is 22. The molecule has 0 aliphatic heterocycles. The van der Waals surface area contributed by atoms with Crippen LogP contribution in [-0.4, -0.2) is 112 Å². The summed E-state index contributed by atoms with van der Waals surface area (Å²) in [5.74, 6) is 20.3. The summed E-state index contributed by atoms with van der Waals surface area (Å²) in [5, 5.41) is 0. The van der Waals surface area contributed by atoms with E-state index in [2.05, 4.69) is 0 Å². The van der Waals surface area contributed by atoms with E-state index in [9.17, 15) is 28.8 Å². The third-order valence-corrected chi connectivity index (χ3v) is 35.7. The van der Waals surface area contributed by atoms with Gasteiger partial charge in [-0.3, -0.25) is 28.8 Å². The molecule has 20 saturated carbocycles. The van der Waals surface area contributed by atoms with Gasteiger partial charge in [-0.05, 0) is 423 Å². The third-order valence-electron chi connectivity index (χ3n) is 35.7. The molecule has 0 saturated heterocycles. The highest BCUT2D eigenvalue weighted by atomic mass is 16.7. The van der Waals surface area contributed by atoms with Crippen molar-refractivity contribution >= 4 is 35.8 Å². The van der Waals surface area contributed by atoms with Crippen LogP contribution in [0.2, 0.25) is 0 Å². The number of carbonyl (C=O) groups is 6. The van der Waals surface area contributed by atoms with E-state index in [0.717, 1.165) is 182 Å². The van der Waals surface area contributed by atoms with Crippen LogP contribution < -0.4 is 0 Å². The highest BCUT2D eigenvalue weighted by molar-refractivity contribution is 5.77. The van der Waals surface area contributed by atoms with Gasteiger partial charge in [-0.2, -0.15) is 0 Å². The zero-order valence-electron chi connectivity index (χ0n) is 76.8. The zero-order chi connectivity index (χ0) is 84.4. The van der Waals surface area contributed by atoms with Gasteiger partial charge in [-0.1, -0.05) is 151 Å². The van der Waals surface area contributed by atoms with E-state index in [1.54, 1.807) is 0 Å². The minimum Gasteiger partial charge on any atom is -0.438 e. The molecule has 20 aliphatic carbocycles. The number of hydrogen-bond donors (Lipinski definition) is 0. The summed E-state index contributed by atoms with van der Waals surface area (Å²) in [5.41, 5.74) is -1.20. The summed E-state index contributed by atoms with van der Waals surface area (Å²) < 4.78 is 68.1. The van der Waals surface area contributed by atoms with Gasteiger partial charge in [0.1, 0.15) is 0 Å². The van der Waals surface area contributed by atoms with Crippen molar-refractivity contribution < 1.29 is 85.6 Å². The lowest BCUT2D eigenvalue weighted by Crippen LogP contribution is -2.50. The second-order valence-corrected chi connectivity index (χ2v) is 44.3. The standard InChI is InChI=1S/C19H30O3.C18H28O3.2C17H28O3.C15H26O3.C14H24O3.12CH4/c1-4-19(2,3)18(20)22-10-21-15-9-13-8-14(15)17-12-6-5-11(7-12)16(13)17;1-3-10(2)18(19)21-9-20-15-8-13-7-14(15)17-12-5-4-11(6-12)16(13)17;1-4-17(2,3)16(18)20-10-19-15-13-6-11-5-12(8-13)9-14(15)7-11;1-4-10(2)17(18)20-11(3)19-16-14-6-12-5-13(8-14)9-15(16)7-12;1-5-15(3,4)14(16)18-10(2)17-13-9-11-6-7-12(13)8-11;1-4-9(2)14(15)17-10(3)16-13-8-11-5-6-12(13)7-11;;;;;;;;;;;;/h11-17H,4-10H2,1-3H3;10-17H,3-9H2,1-2H3;11-15H,4-10H2,1-3H3;10-16H,4-9H2,1-3H3;10-13H,5-9H2,1-4H3;9-13H,4-8H2,1-3H3;12*1H4. The van der Waals surface area contributed by atoms with Gasteiger partial charge >= 0.3 is 35.8 Å². The first kappa shape index (κ1) is 125. The van der Waals surface area contributed by atoms with Crippen molar-refractivity contribution in [1.29, 1.82) is 0 Å². The smallest absolute Gasteiger partial charge is 0.313 e. The zero-order valence-corrected chi connectivity index (χ0v) is 76.8. The molecule has 26 atom stereocenters. The van der Waals surface area contributed by atoms with Gasteiger partial charge in [0.25, 0.3) is 0 Å². The summed E-state index contributed by atoms with van der Waals surface area (Å²) >= 11 is 0. The van der Waals surface area contributed by atoms with E-state index in [-0.39, 0.29) is 176 Å². The minimum atomic E-state index is -0.410. The van der Waals surface area contributed by atoms with Crippen molar-refractivity contribution in [3.05, 3.63) is 0 Å². The average Bonchev–Trinajstić information content (AvgIpc) is 1.55. The first-order valence-electron chi connectivity index (χ1n) is 49.2. The quantitative estimate of drug-likeness (QED) is 0.0283. The van der Waals surface area contributed by atoms with Crippen LogP contribution in [0.15, 0.2) is 0 Å². The van der Waals surface area contributed by atoms with Crippen LogP contribution in [0.3, 0.4) is 0 Å². The summed E-state index contributed by atoms with van der Waals surface area (Å²) in [4.78, 5) is 71.0. The minimum absolute atomic E-state index is 0. The molecule has 20 bridgehead atoms. The van der Waals surface area contributed by atoms with Gasteiger partial charge in [-0.25, -0.2) is 0 Å². The fourth-order valence-corrected chi connectivity index (χ4v) is 28.0. The second-order valence-electron chi connectivity index (χ2n) is 44.3. The van der Waals surface area contributed by atoms with E-state index in [0.29, 0.717) is 48.5 Å². The molecule has 20 aliphatic rings. The van der Waals surface area contributed by atoms with E-state index < -0.39 is 22.5 Å². The van der Waals surface area contributed by atoms with Crippen LogP contribution in [0, 0.1) is 176 Å². The Morgan fingerprint density at radius 2 is 0.562 bits per heavy atom. The molecule has 768 valence electrons. The van der Waals surface area contributed by atoms with Gasteiger partial charge in [0.05, 0.1) is 70.6 Å². The van der Waals surface area contributed by atoms with Crippen molar-refractivity contribution in [3.8, 4) is 0 Å². The predicted molar refractivity (Wildman–Crippen MR) is 533 cm³/mol. The summed E-state index contributed by atoms with van der Waals surface area (Å²) in [6, 6.07) is 0. The van der Waals surface area contributed by atoms with Crippen molar-refractivity contribution in [2.75, 3.05) is 20.4 Å². The van der Waals surface area contributed by atoms with Gasteiger partial charge in [-0.15, -0.1) is 0 Å². The monoisotopic (exact) mass is 1850 g/mol. The lowest BCUT2D eigenvalue weighted by atomic mass is 9.55. The lowest BCUT2D eigenvalue weighted by molar-refractivity contribution is -0.221. The molecular formula is C112H212O18. The van der Waals surface area contributed by atoms with Crippen molar-refractivity contribution in [1.82, 2.24) is 0 Å². The summed E-state index contributed by atoms with van der Waals surface area (Å²) in [6.07, 6.45) is 43.7. The molecule has 0 heterocycles. The number of esters is 6. The van der Waals surface area contributed by atoms with E-state index in [1.165, 1.54) is 167 Å². The number of carbonyl (C=O) groups excluding carboxylic acids is 6. The third kappa shape index (κ3) is 29.1. The Kier molecular flexibility index (Phi) is 52.0. The molecule has 26 unspecified atom stereocenters. The van der Waals surface area contributed by atoms with Gasteiger partial charge in [0.2, 0.25) is 0 Å². The van der Waals surface area contributed by atoms with Gasteiger partial charge in [0, 0.05) is 0 Å². The fourth-order valence-electron chi connectivity index (χ4n) is 28.0. The molecule has 18 nitrogen and oxygen atoms in total. The molecule has 18 heteroatoms. The molecule has 20 rings (SSSR count). The molecule has 0 aromatic heterocycles. The number of rotatable bonds is 30. The molecular weight excluding hydrogens is 1630 g/mol. The molecule has 0 radical (unpaired) electrons. The SMILES string of the molecule is C.C.C.C.C.C.C.C.C.C.C.C.CCC(C)(C)C(=O)OC(C)OC1CC2CCC1C2.CCC(C)(C)C(=O)OCOC1C2CC3CC(C2)CC1C3.CCC(C)(C)C(=O)OCOC1CC2CC1C1C3CCC(C3)C21.CCC(C)C(=O)OC(C)OC1C2CC3CC(C2)CC1C3.CCC(C)C(=O)OC(C)OC1CC2CCC1C2.CCC(C)C(=O)OCOC1CC2CC1C1C3CCC(C3)C21. The predicted octanol–water partition coefficient (Wildman–Crippen LogP) is 29.4. The molecule has 0 spiro atoms. The molecule has 20 fully saturated rings. The fraction of sp³-hybridized carbons (Fsp3) is 0.946. The number of hydrogen-bond acceptors (Lipinski definition) is 18. The highest BCUT2D eigenvalue weighted by Gasteiger charge is 2.65. The Hall–Kier alpha value is -3.42. The summed E-state index contributed by atoms with van der Waals surface area (Å²) in [7, 11) is 0. The maximum absolute atomic E-state index is 12.0. The van der Waals surface area contributed by atoms with Crippen molar-refractivity contribution in [2.24, 2.45) is 176 Å². The van der Waals surface area contributed by atoms with Crippen LogP contribution in [0.1, 0.15) is 432 Å².